The number of benzene rings is 1. The van der Waals surface area contributed by atoms with Crippen LogP contribution in [0, 0.1) is 16.6 Å². The number of rotatable bonds is 6. The molecule has 0 fully saturated rings. The third kappa shape index (κ3) is 5.21. The van der Waals surface area contributed by atoms with E-state index in [1.807, 2.05) is 0 Å². The maximum absolute atomic E-state index is 14.1. The molecule has 1 aromatic heterocycles. The molecule has 2 aromatic rings. The van der Waals surface area contributed by atoms with Crippen LogP contribution in [-0.4, -0.2) is 38.8 Å². The second kappa shape index (κ2) is 9.30. The minimum Gasteiger partial charge on any atom is -0.365 e. The van der Waals surface area contributed by atoms with Crippen molar-refractivity contribution in [3.63, 3.8) is 0 Å². The summed E-state index contributed by atoms with van der Waals surface area (Å²) in [5.41, 5.74) is 1.94. The minimum absolute atomic E-state index is 0.0916. The number of anilines is 1. The number of amides is 1. The highest BCUT2D eigenvalue weighted by molar-refractivity contribution is 8.15. The van der Waals surface area contributed by atoms with E-state index in [4.69, 9.17) is 10.8 Å². The Hall–Kier alpha value is -3.28. The first-order chi connectivity index (χ1) is 15.4. The highest BCUT2D eigenvalue weighted by atomic mass is 32.2. The van der Waals surface area contributed by atoms with E-state index in [1.54, 1.807) is 19.2 Å². The summed E-state index contributed by atoms with van der Waals surface area (Å²) in [6, 6.07) is 1.45. The van der Waals surface area contributed by atoms with E-state index in [0.29, 0.717) is 38.8 Å². The summed E-state index contributed by atoms with van der Waals surface area (Å²) < 4.78 is 52.2. The topological polar surface area (TPSA) is 115 Å². The molecule has 7 nitrogen and oxygen atoms in total. The number of carbonyl (C=O) groups excluding carboxylic acids is 1. The molecule has 1 amide bonds. The first kappa shape index (κ1) is 24.4. The van der Waals surface area contributed by atoms with Crippen LogP contribution in [0.4, 0.5) is 23.4 Å². The summed E-state index contributed by atoms with van der Waals surface area (Å²) in [6.07, 6.45) is -3.33. The van der Waals surface area contributed by atoms with Crippen molar-refractivity contribution in [2.75, 3.05) is 5.32 Å². The third-order valence-corrected chi connectivity index (χ3v) is 5.98. The maximum atomic E-state index is 14.1. The first-order valence-electron chi connectivity index (χ1n) is 9.68. The molecule has 0 unspecified atom stereocenters. The van der Waals surface area contributed by atoms with Gasteiger partial charge in [-0.2, -0.15) is 13.2 Å². The normalized spacial score (nSPS) is 15.7. The van der Waals surface area contributed by atoms with Crippen molar-refractivity contribution in [1.29, 1.82) is 10.8 Å². The molecular weight excluding hydrogens is 460 g/mol. The van der Waals surface area contributed by atoms with Gasteiger partial charge in [0.05, 0.1) is 16.2 Å². The van der Waals surface area contributed by atoms with Gasteiger partial charge in [0.2, 0.25) is 0 Å². The van der Waals surface area contributed by atoms with Gasteiger partial charge in [-0.15, -0.1) is 0 Å². The fourth-order valence-electron chi connectivity index (χ4n) is 2.97. The number of allylic oxidation sites excluding steroid dienone is 1. The summed E-state index contributed by atoms with van der Waals surface area (Å²) in [6.45, 7) is 4.23. The lowest BCUT2D eigenvalue weighted by Crippen LogP contribution is -2.43. The fourth-order valence-corrected chi connectivity index (χ4v) is 4.00. The number of aromatic nitrogens is 2. The number of alkyl halides is 3. The lowest BCUT2D eigenvalue weighted by atomic mass is 10.0. The number of halogens is 4. The number of nitrogens with zero attached hydrogens (tertiary/aromatic N) is 2. The summed E-state index contributed by atoms with van der Waals surface area (Å²) in [7, 11) is 0. The smallest absolute Gasteiger partial charge is 0.365 e. The predicted molar refractivity (Wildman–Crippen MR) is 118 cm³/mol. The Bertz CT molecular complexity index is 1180. The maximum Gasteiger partial charge on any atom is 0.408 e. The average molecular weight is 480 g/mol. The van der Waals surface area contributed by atoms with E-state index in [-0.39, 0.29) is 11.6 Å². The zero-order valence-corrected chi connectivity index (χ0v) is 18.6. The van der Waals surface area contributed by atoms with E-state index >= 15 is 0 Å². The van der Waals surface area contributed by atoms with E-state index in [0.717, 1.165) is 24.8 Å². The summed E-state index contributed by atoms with van der Waals surface area (Å²) >= 11 is 1.14. The molecule has 3 rings (SSSR count). The number of thioether (sulfide) groups is 1. The summed E-state index contributed by atoms with van der Waals surface area (Å²) in [5.74, 6) is -1.70. The highest BCUT2D eigenvalue weighted by Gasteiger charge is 2.37. The minimum atomic E-state index is -4.65. The molecule has 0 saturated carbocycles. The van der Waals surface area contributed by atoms with Crippen molar-refractivity contribution >= 4 is 39.8 Å². The molecule has 12 heteroatoms. The molecular formula is C21H20F4N6OS. The van der Waals surface area contributed by atoms with Gasteiger partial charge in [-0.1, -0.05) is 17.8 Å². The van der Waals surface area contributed by atoms with E-state index in [1.165, 1.54) is 18.5 Å². The molecule has 1 aliphatic rings. The van der Waals surface area contributed by atoms with Crippen LogP contribution in [0.15, 0.2) is 35.0 Å². The van der Waals surface area contributed by atoms with E-state index in [9.17, 15) is 22.4 Å². The monoisotopic (exact) mass is 480 g/mol. The van der Waals surface area contributed by atoms with Crippen LogP contribution in [0.1, 0.15) is 42.4 Å². The van der Waals surface area contributed by atoms with Gasteiger partial charge >= 0.3 is 6.18 Å². The molecule has 0 saturated heterocycles. The Morgan fingerprint density at radius 3 is 2.58 bits per heavy atom. The molecule has 0 aliphatic carbocycles. The molecule has 1 aliphatic heterocycles. The molecule has 2 heterocycles. The van der Waals surface area contributed by atoms with Crippen LogP contribution in [-0.2, 0) is 6.54 Å². The Balaban J connectivity index is 1.82. The lowest BCUT2D eigenvalue weighted by molar-refractivity contribution is -0.149. The van der Waals surface area contributed by atoms with Crippen LogP contribution in [0.25, 0.3) is 5.57 Å². The van der Waals surface area contributed by atoms with Gasteiger partial charge in [-0.05, 0) is 44.0 Å². The molecule has 0 bridgehead atoms. The third-order valence-electron chi connectivity index (χ3n) is 4.98. The van der Waals surface area contributed by atoms with Crippen LogP contribution in [0.5, 0.6) is 0 Å². The van der Waals surface area contributed by atoms with Crippen molar-refractivity contribution in [3.8, 4) is 0 Å². The fraction of sp³-hybridized carbons (Fsp3) is 0.286. The second-order valence-electron chi connectivity index (χ2n) is 7.36. The number of fused-ring (bicyclic) bond motifs is 1. The van der Waals surface area contributed by atoms with Crippen LogP contribution < -0.4 is 10.6 Å². The lowest BCUT2D eigenvalue weighted by Gasteiger charge is -2.17. The van der Waals surface area contributed by atoms with Gasteiger partial charge < -0.3 is 16.0 Å². The van der Waals surface area contributed by atoms with Crippen LogP contribution >= 0.6 is 11.8 Å². The SMILES string of the molecule is CC(=N)/C(C)=C1\C(=N)Sc2c(NCc3ccc(F)c(C(=O)N[C@H](C)C(F)(F)F)c3)ncnc21. The Labute approximate surface area is 191 Å². The molecule has 1 atom stereocenters. The van der Waals surface area contributed by atoms with E-state index in [2.05, 4.69) is 15.3 Å². The zero-order chi connectivity index (χ0) is 24.5. The average Bonchev–Trinajstić information content (AvgIpc) is 3.07. The second-order valence-corrected chi connectivity index (χ2v) is 8.38. The van der Waals surface area contributed by atoms with Crippen molar-refractivity contribution in [2.24, 2.45) is 0 Å². The molecule has 4 N–H and O–H groups in total. The number of hydrogen-bond acceptors (Lipinski definition) is 7. The van der Waals surface area contributed by atoms with Gasteiger partial charge in [0.1, 0.15) is 29.0 Å². The largest absolute Gasteiger partial charge is 0.408 e. The van der Waals surface area contributed by atoms with Gasteiger partial charge in [0.15, 0.2) is 0 Å². The molecule has 174 valence electrons. The Morgan fingerprint density at radius 2 is 1.94 bits per heavy atom. The van der Waals surface area contributed by atoms with Crippen LogP contribution in [0.2, 0.25) is 0 Å². The first-order valence-corrected chi connectivity index (χ1v) is 10.5. The molecule has 0 spiro atoms. The number of carbonyl (C=O) groups is 1. The molecule has 33 heavy (non-hydrogen) atoms. The Kier molecular flexibility index (Phi) is 6.86. The standard InChI is InChI=1S/C21H20F4N6OS/c1-9(10(2)26)15-16-17(33-18(15)27)19(30-8-29-16)28-7-12-4-5-14(22)13(6-12)20(32)31-11(3)21(23,24)25/h4-6,8,11,26-27H,7H2,1-3H3,(H,31,32)(H,28,29,30)/b15-9-,26-10?,27-18?/t11-/m1/s1. The Morgan fingerprint density at radius 1 is 1.24 bits per heavy atom. The molecule has 0 radical (unpaired) electrons. The summed E-state index contributed by atoms with van der Waals surface area (Å²) in [4.78, 5) is 21.2. The predicted octanol–water partition coefficient (Wildman–Crippen LogP) is 4.80. The highest BCUT2D eigenvalue weighted by Crippen LogP contribution is 2.44. The van der Waals surface area contributed by atoms with Crippen molar-refractivity contribution in [3.05, 3.63) is 52.7 Å². The van der Waals surface area contributed by atoms with Gasteiger partial charge in [-0.3, -0.25) is 10.2 Å². The van der Waals surface area contributed by atoms with Crippen molar-refractivity contribution < 1.29 is 22.4 Å². The summed E-state index contributed by atoms with van der Waals surface area (Å²) in [5, 5.41) is 21.1. The van der Waals surface area contributed by atoms with E-state index < -0.39 is 29.5 Å². The number of nitrogens with one attached hydrogen (secondary N) is 4. The molecule has 1 aromatic carbocycles. The van der Waals surface area contributed by atoms with Crippen molar-refractivity contribution in [1.82, 2.24) is 15.3 Å². The van der Waals surface area contributed by atoms with Crippen molar-refractivity contribution in [2.45, 2.75) is 44.4 Å². The van der Waals surface area contributed by atoms with Crippen LogP contribution in [0.3, 0.4) is 0 Å². The van der Waals surface area contributed by atoms with Gasteiger partial charge in [0, 0.05) is 17.8 Å². The number of hydrogen-bond donors (Lipinski definition) is 4. The zero-order valence-electron chi connectivity index (χ0n) is 17.8. The van der Waals surface area contributed by atoms with Gasteiger partial charge in [0.25, 0.3) is 5.91 Å². The quantitative estimate of drug-likeness (QED) is 0.350. The van der Waals surface area contributed by atoms with Gasteiger partial charge in [-0.25, -0.2) is 14.4 Å².